The molecule has 1 aliphatic heterocycles. The van der Waals surface area contributed by atoms with Gasteiger partial charge >= 0.3 is 6.09 Å². The first-order valence-electron chi connectivity index (χ1n) is 21.6. The van der Waals surface area contributed by atoms with Crippen LogP contribution < -0.4 is 24.2 Å². The number of likely N-dealkylation sites (tertiary alicyclic amines) is 1. The predicted octanol–water partition coefficient (Wildman–Crippen LogP) is 9.81. The highest BCUT2D eigenvalue weighted by atomic mass is 35.5. The van der Waals surface area contributed by atoms with Crippen LogP contribution in [-0.2, 0) is 37.4 Å². The van der Waals surface area contributed by atoms with Crippen LogP contribution in [0.25, 0.3) is 22.3 Å². The summed E-state index contributed by atoms with van der Waals surface area (Å²) in [5.74, 6) is -0.208. The van der Waals surface area contributed by atoms with Crippen LogP contribution in [0.3, 0.4) is 0 Å². The summed E-state index contributed by atoms with van der Waals surface area (Å²) in [6.45, 7) is 5.24. The Bertz CT molecular complexity index is 2910. The number of halogens is 2. The number of nitro groups is 1. The van der Waals surface area contributed by atoms with Crippen LogP contribution >= 0.6 is 23.2 Å². The summed E-state index contributed by atoms with van der Waals surface area (Å²) in [5.41, 5.74) is 3.70. The maximum atomic E-state index is 14.4. The summed E-state index contributed by atoms with van der Waals surface area (Å²) in [4.78, 5) is 53.4. The van der Waals surface area contributed by atoms with Crippen molar-refractivity contribution < 1.29 is 46.7 Å². The zero-order chi connectivity index (χ0) is 49.5. The Morgan fingerprint density at radius 2 is 1.30 bits per heavy atom. The molecule has 0 unspecified atom stereocenters. The molecule has 15 nitrogen and oxygen atoms in total. The number of ether oxygens (including phenoxy) is 4. The lowest BCUT2D eigenvalue weighted by Crippen LogP contribution is -2.55. The highest BCUT2D eigenvalue weighted by Crippen LogP contribution is 2.30. The van der Waals surface area contributed by atoms with Gasteiger partial charge in [0.25, 0.3) is 21.6 Å². The number of nitro benzene ring substituents is 1. The summed E-state index contributed by atoms with van der Waals surface area (Å²) < 4.78 is 52.3. The normalized spacial score (nSPS) is 15.1. The Balaban J connectivity index is 1.09. The molecule has 69 heavy (non-hydrogen) atoms. The second kappa shape index (κ2) is 21.4. The Morgan fingerprint density at radius 3 is 1.87 bits per heavy atom. The van der Waals surface area contributed by atoms with E-state index < -0.39 is 67.2 Å². The molecule has 1 heterocycles. The molecule has 358 valence electrons. The molecular weight excluding hydrogens is 948 g/mol. The molecule has 3 atom stereocenters. The van der Waals surface area contributed by atoms with E-state index >= 15 is 0 Å². The summed E-state index contributed by atoms with van der Waals surface area (Å²) >= 11 is 12.0. The van der Waals surface area contributed by atoms with Gasteiger partial charge in [0.05, 0.1) is 23.5 Å². The van der Waals surface area contributed by atoms with Crippen molar-refractivity contribution in [1.82, 2.24) is 14.9 Å². The summed E-state index contributed by atoms with van der Waals surface area (Å²) in [5, 5.41) is 14.5. The van der Waals surface area contributed by atoms with E-state index in [1.807, 2.05) is 77.5 Å². The quantitative estimate of drug-likeness (QED) is 0.0693. The molecule has 0 aliphatic carbocycles. The van der Waals surface area contributed by atoms with Gasteiger partial charge in [-0.25, -0.2) is 17.9 Å². The molecule has 0 bridgehead atoms. The molecule has 7 rings (SSSR count). The fourth-order valence-electron chi connectivity index (χ4n) is 7.45. The van der Waals surface area contributed by atoms with E-state index in [9.17, 15) is 32.9 Å². The van der Waals surface area contributed by atoms with Crippen molar-refractivity contribution in [3.05, 3.63) is 171 Å². The van der Waals surface area contributed by atoms with E-state index in [1.54, 1.807) is 76.4 Å². The minimum atomic E-state index is -4.75. The van der Waals surface area contributed by atoms with Crippen molar-refractivity contribution in [2.24, 2.45) is 0 Å². The fraction of sp³-hybridized carbons (Fsp3) is 0.235. The third kappa shape index (κ3) is 13.1. The number of carbonyl (C=O) groups is 3. The van der Waals surface area contributed by atoms with Crippen molar-refractivity contribution in [1.29, 1.82) is 0 Å². The monoisotopic (exact) mass is 994 g/mol. The number of hydrogen-bond donors (Lipinski definition) is 2. The number of benzene rings is 6. The summed E-state index contributed by atoms with van der Waals surface area (Å²) in [6, 6.07) is 36.9. The molecular formula is C51H48Cl2N4O11S. The van der Waals surface area contributed by atoms with Crippen molar-refractivity contribution in [3.63, 3.8) is 0 Å². The van der Waals surface area contributed by atoms with E-state index in [1.165, 1.54) is 4.90 Å². The molecule has 0 radical (unpaired) electrons. The van der Waals surface area contributed by atoms with Crippen LogP contribution in [0.5, 0.6) is 17.2 Å². The number of nitrogens with zero attached hydrogens (tertiary/aromatic N) is 2. The number of rotatable bonds is 16. The number of carbonyl (C=O) groups excluding carboxylic acids is 3. The Kier molecular flexibility index (Phi) is 15.5. The SMILES string of the molecule is COc1ccc(-c2ccc(COc3ccc(C[C@H](NC(=O)[C@@H]4C[C@H](Oc5ccc(-c6ccc(Cl)cc6)cc5)CN4C(=O)OC(C)(C)C)C(=O)NS(=O)(=O)c4ccc(Cl)c([N+](=O)[O-])c4)cc3)cc2)cc1. The van der Waals surface area contributed by atoms with Crippen LogP contribution in [-0.4, -0.2) is 73.6 Å². The van der Waals surface area contributed by atoms with Crippen molar-refractivity contribution in [2.75, 3.05) is 13.7 Å². The average Bonchev–Trinajstić information content (AvgIpc) is 3.75. The number of nitrogens with one attached hydrogen (secondary N) is 2. The lowest BCUT2D eigenvalue weighted by atomic mass is 10.0. The molecule has 1 saturated heterocycles. The zero-order valence-corrected chi connectivity index (χ0v) is 40.2. The van der Waals surface area contributed by atoms with Gasteiger partial charge in [-0.15, -0.1) is 0 Å². The number of methoxy groups -OCH3 is 1. The highest BCUT2D eigenvalue weighted by Gasteiger charge is 2.44. The maximum Gasteiger partial charge on any atom is 0.411 e. The first-order chi connectivity index (χ1) is 32.8. The van der Waals surface area contributed by atoms with E-state index in [2.05, 4.69) is 5.32 Å². The fourth-order valence-corrected chi connectivity index (χ4v) is 8.81. The largest absolute Gasteiger partial charge is 0.497 e. The van der Waals surface area contributed by atoms with Gasteiger partial charge in [-0.2, -0.15) is 0 Å². The minimum absolute atomic E-state index is 0.0126. The van der Waals surface area contributed by atoms with E-state index in [0.717, 1.165) is 51.8 Å². The minimum Gasteiger partial charge on any atom is -0.497 e. The van der Waals surface area contributed by atoms with E-state index in [-0.39, 0.29) is 31.0 Å². The molecule has 2 N–H and O–H groups in total. The van der Waals surface area contributed by atoms with Crippen molar-refractivity contribution in [2.45, 2.75) is 68.9 Å². The molecule has 6 aromatic carbocycles. The van der Waals surface area contributed by atoms with Gasteiger partial charge < -0.3 is 24.3 Å². The van der Waals surface area contributed by atoms with Crippen molar-refractivity contribution >= 4 is 56.8 Å². The van der Waals surface area contributed by atoms with E-state index in [0.29, 0.717) is 22.1 Å². The van der Waals surface area contributed by atoms with Gasteiger partial charge in [-0.3, -0.25) is 24.6 Å². The average molecular weight is 996 g/mol. The standard InChI is InChI=1S/C51H48Cl2N4O11S/c1-51(2,3)68-50(60)56-30-42(67-41-23-15-37(16-24-41)35-11-17-38(52)18-12-35)28-47(56)49(59)54-45(48(58)55-69(63,64)43-25-26-44(53)46(29-43)57(61)62)27-32-7-19-40(20-8-32)66-31-33-5-9-34(10-6-33)36-13-21-39(65-4)22-14-36/h5-26,29,42,45,47H,27-28,30-31H2,1-4H3,(H,54,59)(H,55,58)/t42-,45-,47-/m0/s1. The third-order valence-corrected chi connectivity index (χ3v) is 12.9. The molecule has 3 amide bonds. The van der Waals surface area contributed by atoms with Crippen LogP contribution in [0, 0.1) is 10.1 Å². The zero-order valence-electron chi connectivity index (χ0n) is 37.9. The maximum absolute atomic E-state index is 14.4. The lowest BCUT2D eigenvalue weighted by Gasteiger charge is -2.28. The topological polar surface area (TPSA) is 193 Å². The van der Waals surface area contributed by atoms with Crippen molar-refractivity contribution in [3.8, 4) is 39.5 Å². The predicted molar refractivity (Wildman–Crippen MR) is 261 cm³/mol. The van der Waals surface area contributed by atoms with Gasteiger partial charge in [-0.05, 0) is 115 Å². The lowest BCUT2D eigenvalue weighted by molar-refractivity contribution is -0.384. The second-order valence-corrected chi connectivity index (χ2v) is 19.6. The highest BCUT2D eigenvalue weighted by molar-refractivity contribution is 7.90. The molecule has 1 fully saturated rings. The van der Waals surface area contributed by atoms with Gasteiger partial charge in [-0.1, -0.05) is 96.0 Å². The van der Waals surface area contributed by atoms with E-state index in [4.69, 9.17) is 42.1 Å². The number of sulfonamides is 1. The second-order valence-electron chi connectivity index (χ2n) is 17.1. The molecule has 0 spiro atoms. The van der Waals surface area contributed by atoms with Gasteiger partial charge in [0.2, 0.25) is 5.91 Å². The molecule has 0 saturated carbocycles. The van der Waals surface area contributed by atoms with Gasteiger partial charge in [0.15, 0.2) is 0 Å². The molecule has 0 aromatic heterocycles. The first kappa shape index (κ1) is 49.8. The molecule has 1 aliphatic rings. The third-order valence-electron chi connectivity index (χ3n) is 11.0. The summed E-state index contributed by atoms with van der Waals surface area (Å²) in [7, 11) is -3.13. The van der Waals surface area contributed by atoms with Crippen LogP contribution in [0.15, 0.2) is 144 Å². The van der Waals surface area contributed by atoms with Crippen LogP contribution in [0.1, 0.15) is 38.3 Å². The Morgan fingerprint density at radius 1 is 0.768 bits per heavy atom. The van der Waals surface area contributed by atoms with Gasteiger partial charge in [0, 0.05) is 23.9 Å². The Labute approximate surface area is 409 Å². The smallest absolute Gasteiger partial charge is 0.411 e. The summed E-state index contributed by atoms with van der Waals surface area (Å²) in [6.07, 6.45) is -1.73. The van der Waals surface area contributed by atoms with Crippen LogP contribution in [0.4, 0.5) is 10.5 Å². The van der Waals surface area contributed by atoms with Gasteiger partial charge in [0.1, 0.15) is 52.7 Å². The first-order valence-corrected chi connectivity index (χ1v) is 23.9. The molecule has 18 heteroatoms. The Hall–Kier alpha value is -7.14. The van der Waals surface area contributed by atoms with Crippen LogP contribution in [0.2, 0.25) is 10.0 Å². The number of amides is 3. The molecule has 6 aromatic rings. The number of hydrogen-bond acceptors (Lipinski definition) is 11.